The molecule has 1 saturated heterocycles. The van der Waals surface area contributed by atoms with Gasteiger partial charge in [0.2, 0.25) is 5.89 Å². The first-order valence-electron chi connectivity index (χ1n) is 10.9. The molecule has 0 N–H and O–H groups in total. The van der Waals surface area contributed by atoms with Crippen molar-refractivity contribution in [2.75, 3.05) is 13.7 Å². The Morgan fingerprint density at radius 3 is 2.81 bits per heavy atom. The van der Waals surface area contributed by atoms with Crippen molar-refractivity contribution in [3.63, 3.8) is 0 Å². The number of nitrogens with zero attached hydrogens (tertiary/aromatic N) is 5. The lowest BCUT2D eigenvalue weighted by Crippen LogP contribution is -2.16. The van der Waals surface area contributed by atoms with E-state index in [9.17, 15) is 0 Å². The topological polar surface area (TPSA) is 88.1 Å². The minimum Gasteiger partial charge on any atom is -0.497 e. The normalized spacial score (nSPS) is 17.2. The van der Waals surface area contributed by atoms with E-state index in [1.807, 2.05) is 24.3 Å². The van der Waals surface area contributed by atoms with Gasteiger partial charge in [0.15, 0.2) is 16.8 Å². The molecule has 8 nitrogen and oxygen atoms in total. The van der Waals surface area contributed by atoms with Crippen LogP contribution in [0.4, 0.5) is 0 Å². The van der Waals surface area contributed by atoms with Gasteiger partial charge in [0.1, 0.15) is 5.75 Å². The van der Waals surface area contributed by atoms with Crippen molar-refractivity contribution in [2.24, 2.45) is 0 Å². The second-order valence-electron chi connectivity index (χ2n) is 7.69. The van der Waals surface area contributed by atoms with Crippen molar-refractivity contribution < 1.29 is 14.0 Å². The molecule has 1 aliphatic heterocycles. The van der Waals surface area contributed by atoms with Gasteiger partial charge >= 0.3 is 0 Å². The smallest absolute Gasteiger partial charge is 0.239 e. The molecule has 0 amide bonds. The average Bonchev–Trinajstić information content (AvgIpc) is 3.55. The Morgan fingerprint density at radius 2 is 2.10 bits per heavy atom. The molecule has 2 aromatic heterocycles. The van der Waals surface area contributed by atoms with Gasteiger partial charge in [-0.15, -0.1) is 10.2 Å². The molecule has 2 atom stereocenters. The van der Waals surface area contributed by atoms with E-state index in [2.05, 4.69) is 38.8 Å². The molecule has 3 aromatic rings. The van der Waals surface area contributed by atoms with E-state index in [4.69, 9.17) is 14.0 Å². The van der Waals surface area contributed by atoms with Crippen LogP contribution in [-0.4, -0.2) is 44.7 Å². The molecule has 0 unspecified atom stereocenters. The van der Waals surface area contributed by atoms with Crippen LogP contribution < -0.4 is 4.74 Å². The van der Waals surface area contributed by atoms with Gasteiger partial charge in [-0.05, 0) is 50.5 Å². The second kappa shape index (κ2) is 10.3. The number of benzene rings is 1. The Labute approximate surface area is 186 Å². The summed E-state index contributed by atoms with van der Waals surface area (Å²) in [6.45, 7) is 5.74. The lowest BCUT2D eigenvalue weighted by molar-refractivity contribution is 0.0953. The van der Waals surface area contributed by atoms with Crippen LogP contribution in [-0.2, 0) is 17.7 Å². The second-order valence-corrected chi connectivity index (χ2v) is 9.00. The molecule has 0 saturated carbocycles. The van der Waals surface area contributed by atoms with Gasteiger partial charge in [0.05, 0.1) is 25.0 Å². The predicted octanol–water partition coefficient (Wildman–Crippen LogP) is 4.71. The number of ether oxygens (including phenoxy) is 2. The summed E-state index contributed by atoms with van der Waals surface area (Å²) in [6.07, 6.45) is 5.31. The number of hydrogen-bond acceptors (Lipinski definition) is 8. The summed E-state index contributed by atoms with van der Waals surface area (Å²) < 4.78 is 18.8. The summed E-state index contributed by atoms with van der Waals surface area (Å²) in [5, 5.41) is 13.9. The zero-order valence-electron chi connectivity index (χ0n) is 18.3. The molecule has 1 aromatic carbocycles. The van der Waals surface area contributed by atoms with Crippen LogP contribution >= 0.6 is 11.8 Å². The fourth-order valence-corrected chi connectivity index (χ4v) is 4.45. The zero-order chi connectivity index (χ0) is 21.6. The summed E-state index contributed by atoms with van der Waals surface area (Å²) in [4.78, 5) is 4.57. The van der Waals surface area contributed by atoms with E-state index in [1.54, 1.807) is 18.9 Å². The fraction of sp³-hybridized carbons (Fsp3) is 0.545. The summed E-state index contributed by atoms with van der Waals surface area (Å²) in [5.74, 6) is 3.02. The van der Waals surface area contributed by atoms with E-state index >= 15 is 0 Å². The number of unbranched alkanes of at least 4 members (excludes halogenated alkanes) is 1. The van der Waals surface area contributed by atoms with Crippen molar-refractivity contribution in [3.8, 4) is 17.1 Å². The number of aryl methyl sites for hydroxylation is 1. The van der Waals surface area contributed by atoms with Crippen LogP contribution in [0.5, 0.6) is 5.75 Å². The van der Waals surface area contributed by atoms with Crippen molar-refractivity contribution in [1.82, 2.24) is 24.9 Å². The summed E-state index contributed by atoms with van der Waals surface area (Å²) in [6, 6.07) is 7.88. The Hall–Kier alpha value is -2.39. The molecular weight excluding hydrogens is 414 g/mol. The van der Waals surface area contributed by atoms with Gasteiger partial charge in [-0.25, -0.2) is 0 Å². The third kappa shape index (κ3) is 5.27. The van der Waals surface area contributed by atoms with E-state index in [0.29, 0.717) is 5.89 Å². The van der Waals surface area contributed by atoms with Crippen LogP contribution in [0, 0.1) is 0 Å². The quantitative estimate of drug-likeness (QED) is 0.416. The highest BCUT2D eigenvalue weighted by Crippen LogP contribution is 2.35. The molecule has 0 aliphatic carbocycles. The standard InChI is InChI=1S/C22H29N5O3S/c1-4-5-8-19-23-21(30-26-19)15(2)31-22-25-24-20(16-9-11-17(28-3)12-10-16)27(22)14-18-7-6-13-29-18/h9-12,15,18H,4-8,13-14H2,1-3H3/t15-,18+/m1/s1. The highest BCUT2D eigenvalue weighted by molar-refractivity contribution is 7.99. The summed E-state index contributed by atoms with van der Waals surface area (Å²) >= 11 is 1.58. The van der Waals surface area contributed by atoms with Crippen LogP contribution in [0.3, 0.4) is 0 Å². The van der Waals surface area contributed by atoms with Gasteiger partial charge in [-0.2, -0.15) is 4.98 Å². The molecule has 1 fully saturated rings. The van der Waals surface area contributed by atoms with Crippen molar-refractivity contribution >= 4 is 11.8 Å². The third-order valence-corrected chi connectivity index (χ3v) is 6.41. The summed E-state index contributed by atoms with van der Waals surface area (Å²) in [5.41, 5.74) is 0.991. The SMILES string of the molecule is CCCCc1noc([C@@H](C)Sc2nnc(-c3ccc(OC)cc3)n2C[C@@H]2CCCO2)n1. The van der Waals surface area contributed by atoms with Gasteiger partial charge in [-0.1, -0.05) is 30.3 Å². The monoisotopic (exact) mass is 443 g/mol. The van der Waals surface area contributed by atoms with Crippen LogP contribution in [0.15, 0.2) is 33.9 Å². The Balaban J connectivity index is 1.57. The molecule has 31 heavy (non-hydrogen) atoms. The number of thioether (sulfide) groups is 1. The van der Waals surface area contributed by atoms with E-state index in [-0.39, 0.29) is 11.4 Å². The maximum Gasteiger partial charge on any atom is 0.239 e. The molecular formula is C22H29N5O3S. The van der Waals surface area contributed by atoms with E-state index < -0.39 is 0 Å². The molecule has 0 spiro atoms. The predicted molar refractivity (Wildman–Crippen MR) is 118 cm³/mol. The lowest BCUT2D eigenvalue weighted by atomic mass is 10.2. The molecule has 4 rings (SSSR count). The zero-order valence-corrected chi connectivity index (χ0v) is 19.1. The molecule has 0 bridgehead atoms. The fourth-order valence-electron chi connectivity index (χ4n) is 3.56. The number of rotatable bonds is 10. The van der Waals surface area contributed by atoms with Crippen molar-refractivity contribution in [1.29, 1.82) is 0 Å². The average molecular weight is 444 g/mol. The van der Waals surface area contributed by atoms with Crippen molar-refractivity contribution in [2.45, 2.75) is 69.0 Å². The Kier molecular flexibility index (Phi) is 7.24. The summed E-state index contributed by atoms with van der Waals surface area (Å²) in [7, 11) is 1.66. The third-order valence-electron chi connectivity index (χ3n) is 5.34. The van der Waals surface area contributed by atoms with Crippen LogP contribution in [0.1, 0.15) is 56.5 Å². The van der Waals surface area contributed by atoms with Gasteiger partial charge in [0, 0.05) is 18.6 Å². The van der Waals surface area contributed by atoms with Crippen molar-refractivity contribution in [3.05, 3.63) is 36.0 Å². The Morgan fingerprint density at radius 1 is 1.26 bits per heavy atom. The Bertz CT molecular complexity index is 966. The molecule has 3 heterocycles. The van der Waals surface area contributed by atoms with Crippen LogP contribution in [0.25, 0.3) is 11.4 Å². The molecule has 166 valence electrons. The highest BCUT2D eigenvalue weighted by Gasteiger charge is 2.25. The number of aromatic nitrogens is 5. The first kappa shape index (κ1) is 21.8. The van der Waals surface area contributed by atoms with E-state index in [0.717, 1.165) is 73.4 Å². The molecule has 0 radical (unpaired) electrons. The first-order valence-corrected chi connectivity index (χ1v) is 11.7. The number of hydrogen-bond donors (Lipinski definition) is 0. The minimum atomic E-state index is -0.0287. The van der Waals surface area contributed by atoms with Gasteiger partial charge < -0.3 is 14.0 Å². The highest BCUT2D eigenvalue weighted by atomic mass is 32.2. The van der Waals surface area contributed by atoms with Gasteiger partial charge in [0.25, 0.3) is 0 Å². The maximum absolute atomic E-state index is 5.89. The maximum atomic E-state index is 5.89. The largest absolute Gasteiger partial charge is 0.497 e. The number of methoxy groups -OCH3 is 1. The lowest BCUT2D eigenvalue weighted by Gasteiger charge is -2.15. The van der Waals surface area contributed by atoms with Crippen LogP contribution in [0.2, 0.25) is 0 Å². The molecule has 9 heteroatoms. The van der Waals surface area contributed by atoms with Gasteiger partial charge in [-0.3, -0.25) is 4.57 Å². The van der Waals surface area contributed by atoms with E-state index in [1.165, 1.54) is 0 Å². The minimum absolute atomic E-state index is 0.0287. The first-order chi connectivity index (χ1) is 15.2. The molecule has 1 aliphatic rings.